The zero-order valence-electron chi connectivity index (χ0n) is 22.1. The van der Waals surface area contributed by atoms with Crippen LogP contribution in [0.2, 0.25) is 0 Å². The molecule has 1 fully saturated rings. The Balaban J connectivity index is 1.49. The molecule has 1 aromatic carbocycles. The number of hydrogen-bond donors (Lipinski definition) is 2. The van der Waals surface area contributed by atoms with Gasteiger partial charge in [-0.3, -0.25) is 9.69 Å². The van der Waals surface area contributed by atoms with Gasteiger partial charge < -0.3 is 15.0 Å². The van der Waals surface area contributed by atoms with Gasteiger partial charge in [0.25, 0.3) is 5.91 Å². The first kappa shape index (κ1) is 27.0. The molecule has 4 heterocycles. The minimum Gasteiger partial charge on any atom is -0.449 e. The molecule has 2 aromatic heterocycles. The van der Waals surface area contributed by atoms with Crippen LogP contribution in [0.5, 0.6) is 0 Å². The standard InChI is InChI=1S/C26H30N6O5S2/c1-5-15(2)32-14-18-12-17(13-19(22(18)24(32)33)39(35,36)27-4)23-16(3)28-25(38-23)30-20-8-6-9-21(29-20)31-10-7-11-37-26(31)34/h6,8-9,12-13,15,27H,5,7,10-11,14H2,1-4H3,(H,28,29,30)/t15-/m0/s1. The molecule has 1 atom stereocenters. The van der Waals surface area contributed by atoms with Crippen LogP contribution in [0.3, 0.4) is 0 Å². The molecule has 2 aliphatic heterocycles. The predicted octanol–water partition coefficient (Wildman–Crippen LogP) is 4.27. The van der Waals surface area contributed by atoms with Crippen molar-refractivity contribution in [1.29, 1.82) is 0 Å². The van der Waals surface area contributed by atoms with Crippen LogP contribution in [0.15, 0.2) is 35.2 Å². The first-order valence-electron chi connectivity index (χ1n) is 12.7. The number of rotatable bonds is 8. The van der Waals surface area contributed by atoms with Crippen molar-refractivity contribution >= 4 is 50.1 Å². The number of ether oxygens (including phenoxy) is 1. The van der Waals surface area contributed by atoms with Gasteiger partial charge in [-0.25, -0.2) is 27.9 Å². The third-order valence-corrected chi connectivity index (χ3v) is 9.52. The van der Waals surface area contributed by atoms with Crippen LogP contribution < -0.4 is 14.9 Å². The quantitative estimate of drug-likeness (QED) is 0.410. The summed E-state index contributed by atoms with van der Waals surface area (Å²) in [6, 6.07) is 8.73. The maximum Gasteiger partial charge on any atom is 0.415 e. The van der Waals surface area contributed by atoms with E-state index < -0.39 is 16.1 Å². The normalized spacial score (nSPS) is 16.3. The third-order valence-electron chi connectivity index (χ3n) is 6.96. The number of fused-ring (bicyclic) bond motifs is 1. The van der Waals surface area contributed by atoms with Gasteiger partial charge >= 0.3 is 6.09 Å². The number of aromatic nitrogens is 2. The number of benzene rings is 1. The van der Waals surface area contributed by atoms with Crippen LogP contribution in [0, 0.1) is 6.92 Å². The van der Waals surface area contributed by atoms with Gasteiger partial charge in [-0.05, 0) is 69.1 Å². The van der Waals surface area contributed by atoms with Crippen molar-refractivity contribution in [3.8, 4) is 10.4 Å². The number of anilines is 3. The molecule has 39 heavy (non-hydrogen) atoms. The number of carbonyl (C=O) groups is 2. The summed E-state index contributed by atoms with van der Waals surface area (Å²) in [5, 5.41) is 3.76. The van der Waals surface area contributed by atoms with E-state index in [1.54, 1.807) is 29.2 Å². The maximum atomic E-state index is 13.2. The maximum absolute atomic E-state index is 13.2. The van der Waals surface area contributed by atoms with Gasteiger partial charge in [-0.1, -0.05) is 24.3 Å². The fourth-order valence-electron chi connectivity index (χ4n) is 4.70. The Kier molecular flexibility index (Phi) is 7.31. The predicted molar refractivity (Wildman–Crippen MR) is 149 cm³/mol. The van der Waals surface area contributed by atoms with E-state index >= 15 is 0 Å². The number of thiazole rings is 1. The molecular weight excluding hydrogens is 540 g/mol. The lowest BCUT2D eigenvalue weighted by Gasteiger charge is -2.25. The highest BCUT2D eigenvalue weighted by atomic mass is 32.2. The molecule has 0 bridgehead atoms. The van der Waals surface area contributed by atoms with Gasteiger partial charge in [0, 0.05) is 19.1 Å². The van der Waals surface area contributed by atoms with Crippen LogP contribution in [-0.4, -0.2) is 61.5 Å². The molecule has 2 amide bonds. The van der Waals surface area contributed by atoms with Gasteiger partial charge in [0.1, 0.15) is 11.6 Å². The molecule has 206 valence electrons. The molecule has 1 saturated heterocycles. The number of nitrogens with one attached hydrogen (secondary N) is 2. The Morgan fingerprint density at radius 3 is 2.72 bits per heavy atom. The number of aryl methyl sites for hydroxylation is 1. The van der Waals surface area contributed by atoms with Crippen molar-refractivity contribution in [3.05, 3.63) is 47.2 Å². The molecule has 0 spiro atoms. The topological polar surface area (TPSA) is 134 Å². The Morgan fingerprint density at radius 2 is 2.00 bits per heavy atom. The molecule has 0 aliphatic carbocycles. The van der Waals surface area contributed by atoms with E-state index in [1.165, 1.54) is 23.3 Å². The molecule has 11 nitrogen and oxygen atoms in total. The Morgan fingerprint density at radius 1 is 1.21 bits per heavy atom. The molecule has 0 radical (unpaired) electrons. The summed E-state index contributed by atoms with van der Waals surface area (Å²) in [6.45, 7) is 7.08. The van der Waals surface area contributed by atoms with E-state index in [1.807, 2.05) is 26.8 Å². The number of hydrogen-bond acceptors (Lipinski definition) is 9. The smallest absolute Gasteiger partial charge is 0.415 e. The van der Waals surface area contributed by atoms with Gasteiger partial charge in [0.15, 0.2) is 5.13 Å². The van der Waals surface area contributed by atoms with Crippen LogP contribution >= 0.6 is 11.3 Å². The Labute approximate surface area is 231 Å². The van der Waals surface area contributed by atoms with Gasteiger partial charge in [0.05, 0.1) is 27.6 Å². The summed E-state index contributed by atoms with van der Waals surface area (Å²) >= 11 is 1.35. The van der Waals surface area contributed by atoms with Gasteiger partial charge in [0.2, 0.25) is 10.0 Å². The van der Waals surface area contributed by atoms with Crippen LogP contribution in [-0.2, 0) is 21.3 Å². The molecule has 2 N–H and O–H groups in total. The minimum absolute atomic E-state index is 0.0190. The number of sulfonamides is 1. The van der Waals surface area contributed by atoms with Crippen molar-refractivity contribution in [2.24, 2.45) is 0 Å². The monoisotopic (exact) mass is 570 g/mol. The van der Waals surface area contributed by atoms with Crippen LogP contribution in [0.1, 0.15) is 48.3 Å². The first-order valence-corrected chi connectivity index (χ1v) is 15.0. The van der Waals surface area contributed by atoms with Crippen molar-refractivity contribution in [2.45, 2.75) is 51.1 Å². The molecule has 0 saturated carbocycles. The lowest BCUT2D eigenvalue weighted by molar-refractivity contribution is 0.0710. The lowest BCUT2D eigenvalue weighted by Crippen LogP contribution is -2.38. The second-order valence-electron chi connectivity index (χ2n) is 9.47. The fraction of sp³-hybridized carbons (Fsp3) is 0.385. The van der Waals surface area contributed by atoms with E-state index in [4.69, 9.17) is 4.74 Å². The Bertz CT molecular complexity index is 1550. The highest BCUT2D eigenvalue weighted by Crippen LogP contribution is 2.39. The number of nitrogens with zero attached hydrogens (tertiary/aromatic N) is 4. The summed E-state index contributed by atoms with van der Waals surface area (Å²) in [7, 11) is -2.56. The van der Waals surface area contributed by atoms with Gasteiger partial charge in [-0.15, -0.1) is 0 Å². The second kappa shape index (κ2) is 10.5. The Hall–Kier alpha value is -3.55. The van der Waals surface area contributed by atoms with Crippen molar-refractivity contribution in [1.82, 2.24) is 19.6 Å². The fourth-order valence-corrected chi connectivity index (χ4v) is 6.65. The minimum atomic E-state index is -3.90. The van der Waals surface area contributed by atoms with Crippen molar-refractivity contribution in [3.63, 3.8) is 0 Å². The number of amides is 2. The first-order chi connectivity index (χ1) is 18.6. The summed E-state index contributed by atoms with van der Waals surface area (Å²) < 4.78 is 33.5. The van der Waals surface area contributed by atoms with E-state index in [0.717, 1.165) is 17.7 Å². The number of cyclic esters (lactones) is 1. The summed E-state index contributed by atoms with van der Waals surface area (Å²) in [5.74, 6) is 0.717. The second-order valence-corrected chi connectivity index (χ2v) is 12.3. The zero-order valence-corrected chi connectivity index (χ0v) is 23.8. The molecule has 3 aromatic rings. The molecule has 0 unspecified atom stereocenters. The van der Waals surface area contributed by atoms with Gasteiger partial charge in [-0.2, -0.15) is 0 Å². The number of carbonyl (C=O) groups excluding carboxylic acids is 2. The van der Waals surface area contributed by atoms with E-state index in [2.05, 4.69) is 20.0 Å². The van der Waals surface area contributed by atoms with Crippen molar-refractivity contribution < 1.29 is 22.7 Å². The van der Waals surface area contributed by atoms with Crippen molar-refractivity contribution in [2.75, 3.05) is 30.4 Å². The summed E-state index contributed by atoms with van der Waals surface area (Å²) in [6.07, 6.45) is 1.07. The molecule has 13 heteroatoms. The average Bonchev–Trinajstić information content (AvgIpc) is 3.46. The molecule has 5 rings (SSSR count). The van der Waals surface area contributed by atoms with E-state index in [-0.39, 0.29) is 22.4 Å². The highest BCUT2D eigenvalue weighted by Gasteiger charge is 2.36. The summed E-state index contributed by atoms with van der Waals surface area (Å²) in [4.78, 5) is 38.5. The third kappa shape index (κ3) is 5.09. The molecular formula is C26H30N6O5S2. The van der Waals surface area contributed by atoms with Crippen LogP contribution in [0.25, 0.3) is 10.4 Å². The molecule has 2 aliphatic rings. The van der Waals surface area contributed by atoms with E-state index in [0.29, 0.717) is 53.3 Å². The summed E-state index contributed by atoms with van der Waals surface area (Å²) in [5.41, 5.74) is 2.28. The zero-order chi connectivity index (χ0) is 27.9. The SMILES string of the molecule is CC[C@H](C)N1Cc2cc(-c3sc(Nc4cccc(N5CCCOC5=O)n4)nc3C)cc(S(=O)(=O)NC)c2C1=O. The number of pyridine rings is 1. The largest absolute Gasteiger partial charge is 0.449 e. The average molecular weight is 571 g/mol. The lowest BCUT2D eigenvalue weighted by atomic mass is 10.0. The highest BCUT2D eigenvalue weighted by molar-refractivity contribution is 7.89. The van der Waals surface area contributed by atoms with Crippen LogP contribution in [0.4, 0.5) is 21.6 Å². The van der Waals surface area contributed by atoms with E-state index in [9.17, 15) is 18.0 Å².